The van der Waals surface area contributed by atoms with Gasteiger partial charge in [-0.2, -0.15) is 0 Å². The highest BCUT2D eigenvalue weighted by molar-refractivity contribution is 5.88. The molecule has 3 N–H and O–H groups in total. The number of amides is 1. The molecule has 0 saturated heterocycles. The first-order chi connectivity index (χ1) is 11.9. The molecule has 1 amide bonds. The van der Waals surface area contributed by atoms with E-state index in [1.807, 2.05) is 62.4 Å². The summed E-state index contributed by atoms with van der Waals surface area (Å²) in [6, 6.07) is 15.1. The van der Waals surface area contributed by atoms with Crippen LogP contribution in [0.1, 0.15) is 38.0 Å². The van der Waals surface area contributed by atoms with E-state index in [4.69, 9.17) is 4.74 Å². The summed E-state index contributed by atoms with van der Waals surface area (Å²) in [7, 11) is 0. The highest BCUT2D eigenvalue weighted by Gasteiger charge is 2.08. The van der Waals surface area contributed by atoms with Crippen LogP contribution in [0.4, 0.5) is 5.69 Å². The Morgan fingerprint density at radius 1 is 1.08 bits per heavy atom. The van der Waals surface area contributed by atoms with E-state index in [1.54, 1.807) is 0 Å². The summed E-state index contributed by atoms with van der Waals surface area (Å²) in [5, 5.41) is 16.2. The predicted octanol–water partition coefficient (Wildman–Crippen LogP) is 3.26. The summed E-state index contributed by atoms with van der Waals surface area (Å²) in [5.41, 5.74) is 2.71. The first-order valence-corrected chi connectivity index (χ1v) is 8.46. The SMILES string of the molecule is CC(=O)Nc1ccc(CNCC(O)c2ccc(OC(C)C)cc2)cc1. The zero-order chi connectivity index (χ0) is 18.2. The summed E-state index contributed by atoms with van der Waals surface area (Å²) >= 11 is 0. The van der Waals surface area contributed by atoms with Gasteiger partial charge in [0.1, 0.15) is 5.75 Å². The third-order valence-electron chi connectivity index (χ3n) is 3.58. The molecule has 0 aliphatic heterocycles. The standard InChI is InChI=1S/C20H26N2O3/c1-14(2)25-19-10-6-17(7-11-19)20(24)13-21-12-16-4-8-18(9-5-16)22-15(3)23/h4-11,14,20-21,24H,12-13H2,1-3H3,(H,22,23). The molecule has 0 fully saturated rings. The minimum absolute atomic E-state index is 0.0844. The molecule has 2 aromatic carbocycles. The fourth-order valence-electron chi connectivity index (χ4n) is 2.42. The van der Waals surface area contributed by atoms with Gasteiger partial charge in [0.15, 0.2) is 0 Å². The zero-order valence-corrected chi connectivity index (χ0v) is 15.0. The molecular weight excluding hydrogens is 316 g/mol. The molecule has 2 aromatic rings. The van der Waals surface area contributed by atoms with Gasteiger partial charge in [-0.05, 0) is 49.2 Å². The molecule has 1 unspecified atom stereocenters. The lowest BCUT2D eigenvalue weighted by Gasteiger charge is -2.14. The van der Waals surface area contributed by atoms with Gasteiger partial charge in [-0.1, -0.05) is 24.3 Å². The Hall–Kier alpha value is -2.37. The molecule has 0 aromatic heterocycles. The van der Waals surface area contributed by atoms with E-state index in [2.05, 4.69) is 10.6 Å². The second-order valence-electron chi connectivity index (χ2n) is 6.26. The van der Waals surface area contributed by atoms with Crippen LogP contribution in [-0.4, -0.2) is 23.7 Å². The molecule has 0 aliphatic carbocycles. The van der Waals surface area contributed by atoms with Crippen LogP contribution in [0.3, 0.4) is 0 Å². The second-order valence-corrected chi connectivity index (χ2v) is 6.26. The topological polar surface area (TPSA) is 70.6 Å². The lowest BCUT2D eigenvalue weighted by atomic mass is 10.1. The summed E-state index contributed by atoms with van der Waals surface area (Å²) in [5.74, 6) is 0.719. The van der Waals surface area contributed by atoms with E-state index in [9.17, 15) is 9.90 Å². The number of ether oxygens (including phenoxy) is 1. The average molecular weight is 342 g/mol. The summed E-state index contributed by atoms with van der Waals surface area (Å²) in [4.78, 5) is 11.0. The Balaban J connectivity index is 1.79. The Kier molecular flexibility index (Phi) is 6.98. The number of carbonyl (C=O) groups is 1. The quantitative estimate of drug-likeness (QED) is 0.689. The summed E-state index contributed by atoms with van der Waals surface area (Å²) in [6.45, 7) is 6.55. The Morgan fingerprint density at radius 3 is 2.28 bits per heavy atom. The van der Waals surface area contributed by atoms with Crippen LogP contribution in [0.15, 0.2) is 48.5 Å². The molecule has 0 radical (unpaired) electrons. The van der Waals surface area contributed by atoms with Gasteiger partial charge in [0.05, 0.1) is 12.2 Å². The molecule has 0 heterocycles. The lowest BCUT2D eigenvalue weighted by molar-refractivity contribution is -0.114. The van der Waals surface area contributed by atoms with Gasteiger partial charge in [0.25, 0.3) is 0 Å². The second kappa shape index (κ2) is 9.20. The van der Waals surface area contributed by atoms with Gasteiger partial charge in [0.2, 0.25) is 5.91 Å². The maximum atomic E-state index is 11.0. The molecule has 5 heteroatoms. The van der Waals surface area contributed by atoms with Gasteiger partial charge in [-0.15, -0.1) is 0 Å². The van der Waals surface area contributed by atoms with Gasteiger partial charge < -0.3 is 20.5 Å². The number of hydrogen-bond acceptors (Lipinski definition) is 4. The zero-order valence-electron chi connectivity index (χ0n) is 15.0. The largest absolute Gasteiger partial charge is 0.491 e. The van der Waals surface area contributed by atoms with Crippen molar-refractivity contribution in [3.63, 3.8) is 0 Å². The number of carbonyl (C=O) groups excluding carboxylic acids is 1. The van der Waals surface area contributed by atoms with Crippen molar-refractivity contribution >= 4 is 11.6 Å². The van der Waals surface area contributed by atoms with Crippen LogP contribution in [0.25, 0.3) is 0 Å². The number of anilines is 1. The minimum Gasteiger partial charge on any atom is -0.491 e. The molecule has 0 aliphatic rings. The average Bonchev–Trinajstić information content (AvgIpc) is 2.56. The van der Waals surface area contributed by atoms with Gasteiger partial charge in [0, 0.05) is 25.7 Å². The molecular formula is C20H26N2O3. The number of hydrogen-bond donors (Lipinski definition) is 3. The van der Waals surface area contributed by atoms with E-state index >= 15 is 0 Å². The van der Waals surface area contributed by atoms with Crippen LogP contribution < -0.4 is 15.4 Å². The Morgan fingerprint density at radius 2 is 1.72 bits per heavy atom. The fraction of sp³-hybridized carbons (Fsp3) is 0.350. The molecule has 0 spiro atoms. The monoisotopic (exact) mass is 342 g/mol. The highest BCUT2D eigenvalue weighted by Crippen LogP contribution is 2.18. The molecule has 0 saturated carbocycles. The lowest BCUT2D eigenvalue weighted by Crippen LogP contribution is -2.21. The number of rotatable bonds is 8. The predicted molar refractivity (Wildman–Crippen MR) is 99.6 cm³/mol. The van der Waals surface area contributed by atoms with E-state index in [0.717, 1.165) is 22.6 Å². The van der Waals surface area contributed by atoms with Crippen LogP contribution in [0.2, 0.25) is 0 Å². The van der Waals surface area contributed by atoms with Crippen LogP contribution >= 0.6 is 0 Å². The third-order valence-corrected chi connectivity index (χ3v) is 3.58. The first kappa shape index (κ1) is 19.0. The number of aliphatic hydroxyl groups is 1. The molecule has 5 nitrogen and oxygen atoms in total. The van der Waals surface area contributed by atoms with E-state index in [0.29, 0.717) is 13.1 Å². The number of aliphatic hydroxyl groups excluding tert-OH is 1. The van der Waals surface area contributed by atoms with Gasteiger partial charge >= 0.3 is 0 Å². The molecule has 1 atom stereocenters. The van der Waals surface area contributed by atoms with Crippen LogP contribution in [0, 0.1) is 0 Å². The van der Waals surface area contributed by atoms with Gasteiger partial charge in [-0.3, -0.25) is 4.79 Å². The molecule has 2 rings (SSSR count). The summed E-state index contributed by atoms with van der Waals surface area (Å²) < 4.78 is 5.60. The van der Waals surface area contributed by atoms with Crippen molar-refractivity contribution in [2.75, 3.05) is 11.9 Å². The highest BCUT2D eigenvalue weighted by atomic mass is 16.5. The maximum absolute atomic E-state index is 11.0. The van der Waals surface area contributed by atoms with Crippen molar-refractivity contribution in [3.05, 3.63) is 59.7 Å². The van der Waals surface area contributed by atoms with Crippen LogP contribution in [-0.2, 0) is 11.3 Å². The van der Waals surface area contributed by atoms with E-state index in [1.165, 1.54) is 6.92 Å². The molecule has 134 valence electrons. The maximum Gasteiger partial charge on any atom is 0.221 e. The van der Waals surface area contributed by atoms with Gasteiger partial charge in [-0.25, -0.2) is 0 Å². The van der Waals surface area contributed by atoms with Crippen molar-refractivity contribution < 1.29 is 14.6 Å². The Labute approximate surface area is 149 Å². The van der Waals surface area contributed by atoms with Crippen molar-refractivity contribution in [2.45, 2.75) is 39.5 Å². The smallest absolute Gasteiger partial charge is 0.221 e. The molecule has 0 bridgehead atoms. The normalized spacial score (nSPS) is 12.0. The molecule has 25 heavy (non-hydrogen) atoms. The van der Waals surface area contributed by atoms with Crippen molar-refractivity contribution in [1.82, 2.24) is 5.32 Å². The van der Waals surface area contributed by atoms with Crippen molar-refractivity contribution in [3.8, 4) is 5.75 Å². The third kappa shape index (κ3) is 6.57. The number of benzene rings is 2. The van der Waals surface area contributed by atoms with E-state index < -0.39 is 6.10 Å². The Bertz CT molecular complexity index is 666. The van der Waals surface area contributed by atoms with E-state index in [-0.39, 0.29) is 12.0 Å². The summed E-state index contributed by atoms with van der Waals surface area (Å²) in [6.07, 6.45) is -0.443. The van der Waals surface area contributed by atoms with Crippen molar-refractivity contribution in [2.24, 2.45) is 0 Å². The number of nitrogens with one attached hydrogen (secondary N) is 2. The van der Waals surface area contributed by atoms with Crippen LogP contribution in [0.5, 0.6) is 5.75 Å². The minimum atomic E-state index is -0.577. The van der Waals surface area contributed by atoms with Crippen molar-refractivity contribution in [1.29, 1.82) is 0 Å². The first-order valence-electron chi connectivity index (χ1n) is 8.46. The fourth-order valence-corrected chi connectivity index (χ4v) is 2.42.